The van der Waals surface area contributed by atoms with Crippen LogP contribution in [0.2, 0.25) is 0 Å². The predicted molar refractivity (Wildman–Crippen MR) is 141 cm³/mol. The first-order chi connectivity index (χ1) is 16.7. The number of ether oxygens (including phenoxy) is 2. The molecule has 1 aromatic heterocycles. The number of halogens is 1. The maximum atomic E-state index is 14.6. The molecule has 0 fully saturated rings. The van der Waals surface area contributed by atoms with E-state index in [9.17, 15) is 4.39 Å². The molecule has 0 atom stereocenters. The zero-order valence-corrected chi connectivity index (χ0v) is 21.6. The van der Waals surface area contributed by atoms with Gasteiger partial charge in [-0.2, -0.15) is 0 Å². The number of unbranched alkanes of at least 4 members (excludes halogenated alkanes) is 13. The van der Waals surface area contributed by atoms with E-state index in [0.29, 0.717) is 30.2 Å². The quantitative estimate of drug-likeness (QED) is 0.180. The van der Waals surface area contributed by atoms with Crippen molar-refractivity contribution in [2.75, 3.05) is 13.2 Å². The fourth-order valence-corrected chi connectivity index (χ4v) is 4.09. The van der Waals surface area contributed by atoms with Crippen molar-refractivity contribution >= 4 is 0 Å². The second-order valence-corrected chi connectivity index (χ2v) is 9.31. The lowest BCUT2D eigenvalue weighted by Gasteiger charge is -2.09. The molecule has 190 valence electrons. The molecule has 2 aromatic rings. The Bertz CT molecular complexity index is 763. The van der Waals surface area contributed by atoms with Crippen LogP contribution in [-0.2, 0) is 0 Å². The van der Waals surface area contributed by atoms with Gasteiger partial charge in [0.2, 0.25) is 0 Å². The standard InChI is InChI=1S/C30H46FNO2/c1-3-5-7-9-10-11-12-13-15-17-23-34-27-19-21-30(32-25-27)28-20-18-26(24-29(28)31)33-22-16-14-8-6-4-2/h18-21,24-25H,3-17,22-23H2,1-2H3. The molecule has 4 heteroatoms. The van der Waals surface area contributed by atoms with Crippen LogP contribution in [0.15, 0.2) is 36.5 Å². The Hall–Kier alpha value is -2.10. The van der Waals surface area contributed by atoms with E-state index in [2.05, 4.69) is 18.8 Å². The monoisotopic (exact) mass is 471 g/mol. The fourth-order valence-electron chi connectivity index (χ4n) is 4.09. The van der Waals surface area contributed by atoms with E-state index in [1.165, 1.54) is 83.1 Å². The van der Waals surface area contributed by atoms with Crippen molar-refractivity contribution in [3.05, 3.63) is 42.3 Å². The molecule has 0 aliphatic heterocycles. The molecule has 0 amide bonds. The van der Waals surface area contributed by atoms with Crippen molar-refractivity contribution in [1.29, 1.82) is 0 Å². The Labute approximate surface area is 207 Å². The average Bonchev–Trinajstić information content (AvgIpc) is 2.85. The van der Waals surface area contributed by atoms with Gasteiger partial charge in [-0.05, 0) is 37.1 Å². The average molecular weight is 472 g/mol. The van der Waals surface area contributed by atoms with Crippen LogP contribution < -0.4 is 9.47 Å². The van der Waals surface area contributed by atoms with Gasteiger partial charge in [0.25, 0.3) is 0 Å². The first-order valence-electron chi connectivity index (χ1n) is 13.8. The van der Waals surface area contributed by atoms with Crippen LogP contribution >= 0.6 is 0 Å². The SMILES string of the molecule is CCCCCCCCCCCCOc1ccc(-c2ccc(OCCCCCCC)cc2F)nc1. The molecule has 1 aromatic carbocycles. The molecule has 0 saturated carbocycles. The summed E-state index contributed by atoms with van der Waals surface area (Å²) < 4.78 is 26.1. The Morgan fingerprint density at radius 1 is 0.618 bits per heavy atom. The van der Waals surface area contributed by atoms with E-state index < -0.39 is 0 Å². The summed E-state index contributed by atoms with van der Waals surface area (Å²) in [6.07, 6.45) is 20.7. The number of hydrogen-bond donors (Lipinski definition) is 0. The summed E-state index contributed by atoms with van der Waals surface area (Å²) in [5, 5.41) is 0. The highest BCUT2D eigenvalue weighted by atomic mass is 19.1. The van der Waals surface area contributed by atoms with E-state index in [1.807, 2.05) is 18.2 Å². The Balaban J connectivity index is 1.63. The van der Waals surface area contributed by atoms with Crippen LogP contribution in [0.5, 0.6) is 11.5 Å². The Morgan fingerprint density at radius 2 is 1.12 bits per heavy atom. The van der Waals surface area contributed by atoms with Gasteiger partial charge in [0.15, 0.2) is 0 Å². The van der Waals surface area contributed by atoms with E-state index in [-0.39, 0.29) is 5.82 Å². The van der Waals surface area contributed by atoms with Gasteiger partial charge < -0.3 is 9.47 Å². The van der Waals surface area contributed by atoms with Gasteiger partial charge in [0.1, 0.15) is 17.3 Å². The molecular formula is C30H46FNO2. The highest BCUT2D eigenvalue weighted by molar-refractivity contribution is 5.61. The van der Waals surface area contributed by atoms with Crippen molar-refractivity contribution in [1.82, 2.24) is 4.98 Å². The highest BCUT2D eigenvalue weighted by Gasteiger charge is 2.09. The Kier molecular flexibility index (Phi) is 15.1. The van der Waals surface area contributed by atoms with Crippen LogP contribution in [0.25, 0.3) is 11.3 Å². The molecule has 0 spiro atoms. The molecule has 2 rings (SSSR count). The van der Waals surface area contributed by atoms with E-state index >= 15 is 0 Å². The third kappa shape index (κ3) is 11.9. The summed E-state index contributed by atoms with van der Waals surface area (Å²) in [6, 6.07) is 8.72. The van der Waals surface area contributed by atoms with Gasteiger partial charge >= 0.3 is 0 Å². The van der Waals surface area contributed by atoms with Crippen molar-refractivity contribution in [2.24, 2.45) is 0 Å². The normalized spacial score (nSPS) is 11.0. The number of hydrogen-bond acceptors (Lipinski definition) is 3. The van der Waals surface area contributed by atoms with Crippen molar-refractivity contribution in [3.63, 3.8) is 0 Å². The van der Waals surface area contributed by atoms with Crippen LogP contribution in [-0.4, -0.2) is 18.2 Å². The molecule has 1 heterocycles. The molecule has 3 nitrogen and oxygen atoms in total. The molecule has 0 saturated heterocycles. The van der Waals surface area contributed by atoms with Gasteiger partial charge in [-0.3, -0.25) is 4.98 Å². The fraction of sp³-hybridized carbons (Fsp3) is 0.633. The van der Waals surface area contributed by atoms with Crippen molar-refractivity contribution < 1.29 is 13.9 Å². The highest BCUT2D eigenvalue weighted by Crippen LogP contribution is 2.26. The zero-order valence-electron chi connectivity index (χ0n) is 21.6. The largest absolute Gasteiger partial charge is 0.493 e. The lowest BCUT2D eigenvalue weighted by molar-refractivity contribution is 0.303. The number of aromatic nitrogens is 1. The third-order valence-corrected chi connectivity index (χ3v) is 6.24. The summed E-state index contributed by atoms with van der Waals surface area (Å²) in [7, 11) is 0. The maximum absolute atomic E-state index is 14.6. The molecule has 0 unspecified atom stereocenters. The minimum absolute atomic E-state index is 0.310. The van der Waals surface area contributed by atoms with E-state index in [4.69, 9.17) is 9.47 Å². The maximum Gasteiger partial charge on any atom is 0.137 e. The molecule has 0 aliphatic rings. The zero-order chi connectivity index (χ0) is 24.3. The third-order valence-electron chi connectivity index (χ3n) is 6.24. The molecule has 0 aliphatic carbocycles. The van der Waals surface area contributed by atoms with Crippen LogP contribution in [0.4, 0.5) is 4.39 Å². The van der Waals surface area contributed by atoms with Gasteiger partial charge in [-0.1, -0.05) is 97.3 Å². The van der Waals surface area contributed by atoms with Crippen molar-refractivity contribution in [3.8, 4) is 22.8 Å². The second-order valence-electron chi connectivity index (χ2n) is 9.31. The van der Waals surface area contributed by atoms with E-state index in [0.717, 1.165) is 25.0 Å². The molecule has 0 N–H and O–H groups in total. The lowest BCUT2D eigenvalue weighted by Crippen LogP contribution is -1.99. The first-order valence-corrected chi connectivity index (χ1v) is 13.8. The number of nitrogens with zero attached hydrogens (tertiary/aromatic N) is 1. The summed E-state index contributed by atoms with van der Waals surface area (Å²) in [5.74, 6) is 1.01. The number of rotatable bonds is 20. The second kappa shape index (κ2) is 18.3. The molecule has 0 radical (unpaired) electrons. The predicted octanol–water partition coefficient (Wildman–Crippen LogP) is 9.54. The van der Waals surface area contributed by atoms with Crippen LogP contribution in [0.1, 0.15) is 110 Å². The van der Waals surface area contributed by atoms with E-state index in [1.54, 1.807) is 12.3 Å². The summed E-state index contributed by atoms with van der Waals surface area (Å²) in [4.78, 5) is 4.41. The topological polar surface area (TPSA) is 31.4 Å². The van der Waals surface area contributed by atoms with Gasteiger partial charge in [0.05, 0.1) is 25.1 Å². The molecular weight excluding hydrogens is 425 g/mol. The minimum Gasteiger partial charge on any atom is -0.493 e. The van der Waals surface area contributed by atoms with Crippen LogP contribution in [0.3, 0.4) is 0 Å². The number of benzene rings is 1. The molecule has 0 bridgehead atoms. The lowest BCUT2D eigenvalue weighted by atomic mass is 10.1. The van der Waals surface area contributed by atoms with Gasteiger partial charge in [0, 0.05) is 11.6 Å². The summed E-state index contributed by atoms with van der Waals surface area (Å²) in [6.45, 7) is 5.80. The van der Waals surface area contributed by atoms with Gasteiger partial charge in [-0.15, -0.1) is 0 Å². The van der Waals surface area contributed by atoms with Crippen molar-refractivity contribution in [2.45, 2.75) is 110 Å². The number of pyridine rings is 1. The summed E-state index contributed by atoms with van der Waals surface area (Å²) >= 11 is 0. The molecule has 34 heavy (non-hydrogen) atoms. The summed E-state index contributed by atoms with van der Waals surface area (Å²) in [5.41, 5.74) is 1.09. The van der Waals surface area contributed by atoms with Crippen LogP contribution in [0, 0.1) is 5.82 Å². The van der Waals surface area contributed by atoms with Gasteiger partial charge in [-0.25, -0.2) is 4.39 Å². The Morgan fingerprint density at radius 3 is 1.62 bits per heavy atom. The first kappa shape index (κ1) is 28.1. The smallest absolute Gasteiger partial charge is 0.137 e. The minimum atomic E-state index is -0.310.